The van der Waals surface area contributed by atoms with Crippen molar-refractivity contribution in [3.05, 3.63) is 53.4 Å². The summed E-state index contributed by atoms with van der Waals surface area (Å²) < 4.78 is 0. The molecule has 2 aromatic heterocycles. The van der Waals surface area contributed by atoms with Crippen molar-refractivity contribution >= 4 is 5.91 Å². The minimum Gasteiger partial charge on any atom is -0.345 e. The molecule has 0 fully saturated rings. The van der Waals surface area contributed by atoms with Crippen molar-refractivity contribution < 1.29 is 4.79 Å². The third-order valence-corrected chi connectivity index (χ3v) is 2.39. The van der Waals surface area contributed by atoms with Crippen LogP contribution in [0.3, 0.4) is 0 Å². The Morgan fingerprint density at radius 1 is 1.17 bits per heavy atom. The van der Waals surface area contributed by atoms with Crippen molar-refractivity contribution in [2.45, 2.75) is 20.4 Å². The number of hydrogen-bond donors (Lipinski definition) is 1. The summed E-state index contributed by atoms with van der Waals surface area (Å²) in [6.45, 7) is 4.12. The van der Waals surface area contributed by atoms with Gasteiger partial charge in [0, 0.05) is 11.9 Å². The number of aryl methyl sites for hydroxylation is 2. The van der Waals surface area contributed by atoms with E-state index in [1.807, 2.05) is 32.0 Å². The number of pyridine rings is 1. The minimum atomic E-state index is -0.245. The second-order valence-corrected chi connectivity index (χ2v) is 4.00. The molecule has 0 radical (unpaired) electrons. The molecule has 0 saturated heterocycles. The molecular weight excluding hydrogens is 228 g/mol. The predicted octanol–water partition coefficient (Wildman–Crippen LogP) is 1.42. The lowest BCUT2D eigenvalue weighted by Gasteiger charge is -2.04. The van der Waals surface area contributed by atoms with Crippen molar-refractivity contribution in [2.24, 2.45) is 0 Å². The highest BCUT2D eigenvalue weighted by Gasteiger charge is 2.07. The molecule has 5 nitrogen and oxygen atoms in total. The van der Waals surface area contributed by atoms with Gasteiger partial charge in [-0.15, -0.1) is 0 Å². The summed E-state index contributed by atoms with van der Waals surface area (Å²) in [5, 5.41) is 2.76. The van der Waals surface area contributed by atoms with Crippen LogP contribution in [-0.2, 0) is 6.54 Å². The molecule has 18 heavy (non-hydrogen) atoms. The van der Waals surface area contributed by atoms with Gasteiger partial charge in [0.2, 0.25) is 0 Å². The van der Waals surface area contributed by atoms with E-state index in [9.17, 15) is 4.79 Å². The van der Waals surface area contributed by atoms with Crippen LogP contribution in [0, 0.1) is 13.8 Å². The molecule has 1 amide bonds. The van der Waals surface area contributed by atoms with Crippen LogP contribution in [0.25, 0.3) is 0 Å². The molecule has 92 valence electrons. The zero-order valence-corrected chi connectivity index (χ0v) is 10.3. The van der Waals surface area contributed by atoms with Crippen LogP contribution in [0.1, 0.15) is 27.6 Å². The Hall–Kier alpha value is -2.30. The maximum absolute atomic E-state index is 11.8. The number of carbonyl (C=O) groups excluding carboxylic acids is 1. The molecule has 0 aromatic carbocycles. The van der Waals surface area contributed by atoms with Crippen LogP contribution >= 0.6 is 0 Å². The average Bonchev–Trinajstić information content (AvgIpc) is 2.37. The summed E-state index contributed by atoms with van der Waals surface area (Å²) in [6, 6.07) is 5.69. The van der Waals surface area contributed by atoms with Gasteiger partial charge in [0.05, 0.1) is 24.1 Å². The number of rotatable bonds is 3. The largest absolute Gasteiger partial charge is 0.345 e. The van der Waals surface area contributed by atoms with Crippen LogP contribution in [0.5, 0.6) is 0 Å². The summed E-state index contributed by atoms with van der Waals surface area (Å²) in [5.41, 5.74) is 2.85. The molecule has 0 aliphatic rings. The van der Waals surface area contributed by atoms with Gasteiger partial charge in [-0.25, -0.2) is 4.98 Å². The zero-order chi connectivity index (χ0) is 13.0. The molecule has 2 heterocycles. The van der Waals surface area contributed by atoms with E-state index < -0.39 is 0 Å². The first kappa shape index (κ1) is 12.2. The Kier molecular flexibility index (Phi) is 3.62. The van der Waals surface area contributed by atoms with E-state index in [1.54, 1.807) is 6.20 Å². The molecule has 0 saturated carbocycles. The van der Waals surface area contributed by atoms with Gasteiger partial charge in [-0.1, -0.05) is 6.07 Å². The van der Waals surface area contributed by atoms with Gasteiger partial charge in [-0.05, 0) is 26.0 Å². The fourth-order valence-corrected chi connectivity index (χ4v) is 1.47. The Morgan fingerprint density at radius 3 is 2.67 bits per heavy atom. The van der Waals surface area contributed by atoms with Gasteiger partial charge < -0.3 is 5.32 Å². The highest BCUT2D eigenvalue weighted by atomic mass is 16.1. The van der Waals surface area contributed by atoms with E-state index >= 15 is 0 Å². The lowest BCUT2D eigenvalue weighted by molar-refractivity contribution is 0.0945. The van der Waals surface area contributed by atoms with Crippen molar-refractivity contribution in [2.75, 3.05) is 0 Å². The van der Waals surface area contributed by atoms with E-state index in [4.69, 9.17) is 0 Å². The second kappa shape index (κ2) is 5.35. The third-order valence-electron chi connectivity index (χ3n) is 2.39. The topological polar surface area (TPSA) is 67.8 Å². The van der Waals surface area contributed by atoms with Crippen molar-refractivity contribution in [1.82, 2.24) is 20.3 Å². The molecule has 0 unspecified atom stereocenters. The normalized spacial score (nSPS) is 10.1. The van der Waals surface area contributed by atoms with Crippen molar-refractivity contribution in [3.8, 4) is 0 Å². The van der Waals surface area contributed by atoms with Gasteiger partial charge in [0.1, 0.15) is 5.69 Å². The molecular formula is C13H14N4O. The van der Waals surface area contributed by atoms with E-state index in [0.29, 0.717) is 12.2 Å². The summed E-state index contributed by atoms with van der Waals surface area (Å²) in [4.78, 5) is 24.1. The second-order valence-electron chi connectivity index (χ2n) is 4.00. The Labute approximate surface area is 105 Å². The van der Waals surface area contributed by atoms with Gasteiger partial charge >= 0.3 is 0 Å². The van der Waals surface area contributed by atoms with E-state index in [1.165, 1.54) is 6.20 Å². The van der Waals surface area contributed by atoms with Crippen LogP contribution in [-0.4, -0.2) is 20.9 Å². The van der Waals surface area contributed by atoms with Gasteiger partial charge in [0.25, 0.3) is 5.91 Å². The summed E-state index contributed by atoms with van der Waals surface area (Å²) in [6.07, 6.45) is 3.04. The molecule has 5 heteroatoms. The third kappa shape index (κ3) is 3.10. The van der Waals surface area contributed by atoms with Crippen molar-refractivity contribution in [3.63, 3.8) is 0 Å². The van der Waals surface area contributed by atoms with Crippen LogP contribution < -0.4 is 5.32 Å². The SMILES string of the molecule is Cc1cnc(C(=O)NCc2cccc(C)n2)cn1. The molecule has 0 atom stereocenters. The standard InChI is InChI=1S/C13H14N4O/c1-9-4-3-5-11(17-9)7-16-13(18)12-8-14-10(2)6-15-12/h3-6,8H,7H2,1-2H3,(H,16,18). The minimum absolute atomic E-state index is 0.245. The molecule has 1 N–H and O–H groups in total. The highest BCUT2D eigenvalue weighted by molar-refractivity contribution is 5.91. The fraction of sp³-hybridized carbons (Fsp3) is 0.231. The van der Waals surface area contributed by atoms with E-state index in [2.05, 4.69) is 20.3 Å². The summed E-state index contributed by atoms with van der Waals surface area (Å²) >= 11 is 0. The monoisotopic (exact) mass is 242 g/mol. The molecule has 0 aliphatic carbocycles. The number of nitrogens with zero attached hydrogens (tertiary/aromatic N) is 3. The molecule has 2 aromatic rings. The maximum Gasteiger partial charge on any atom is 0.271 e. The van der Waals surface area contributed by atoms with Gasteiger partial charge in [-0.3, -0.25) is 14.8 Å². The highest BCUT2D eigenvalue weighted by Crippen LogP contribution is 1.99. The zero-order valence-electron chi connectivity index (χ0n) is 10.3. The van der Waals surface area contributed by atoms with Crippen LogP contribution in [0.15, 0.2) is 30.6 Å². The first-order chi connectivity index (χ1) is 8.65. The fourth-order valence-electron chi connectivity index (χ4n) is 1.47. The first-order valence-electron chi connectivity index (χ1n) is 5.64. The first-order valence-corrected chi connectivity index (χ1v) is 5.64. The summed E-state index contributed by atoms with van der Waals surface area (Å²) in [7, 11) is 0. The number of hydrogen-bond acceptors (Lipinski definition) is 4. The van der Waals surface area contributed by atoms with Crippen LogP contribution in [0.4, 0.5) is 0 Å². The quantitative estimate of drug-likeness (QED) is 0.883. The maximum atomic E-state index is 11.8. The Balaban J connectivity index is 1.98. The molecule has 0 spiro atoms. The Bertz CT molecular complexity index is 551. The molecule has 0 bridgehead atoms. The van der Waals surface area contributed by atoms with E-state index in [-0.39, 0.29) is 5.91 Å². The summed E-state index contributed by atoms with van der Waals surface area (Å²) in [5.74, 6) is -0.245. The number of amides is 1. The van der Waals surface area contributed by atoms with Crippen molar-refractivity contribution in [1.29, 1.82) is 0 Å². The van der Waals surface area contributed by atoms with E-state index in [0.717, 1.165) is 17.1 Å². The number of carbonyl (C=O) groups is 1. The molecule has 0 aliphatic heterocycles. The lowest BCUT2D eigenvalue weighted by Crippen LogP contribution is -2.24. The molecule has 2 rings (SSSR count). The smallest absolute Gasteiger partial charge is 0.271 e. The van der Waals surface area contributed by atoms with Crippen LogP contribution in [0.2, 0.25) is 0 Å². The number of nitrogens with one attached hydrogen (secondary N) is 1. The number of aromatic nitrogens is 3. The average molecular weight is 242 g/mol. The lowest BCUT2D eigenvalue weighted by atomic mass is 10.3. The Morgan fingerprint density at radius 2 is 2.00 bits per heavy atom. The van der Waals surface area contributed by atoms with Gasteiger partial charge in [0.15, 0.2) is 0 Å². The van der Waals surface area contributed by atoms with Gasteiger partial charge in [-0.2, -0.15) is 0 Å². The predicted molar refractivity (Wildman–Crippen MR) is 66.9 cm³/mol.